The Bertz CT molecular complexity index is 580. The minimum absolute atomic E-state index is 0.412. The highest BCUT2D eigenvalue weighted by molar-refractivity contribution is 5.60. The third-order valence-electron chi connectivity index (χ3n) is 3.86. The smallest absolute Gasteiger partial charge is 0.159 e. The van der Waals surface area contributed by atoms with Gasteiger partial charge in [-0.15, -0.1) is 0 Å². The molecule has 2 aromatic rings. The summed E-state index contributed by atoms with van der Waals surface area (Å²) < 4.78 is 12.8. The van der Waals surface area contributed by atoms with E-state index in [9.17, 15) is 4.39 Å². The molecule has 1 aliphatic rings. The highest BCUT2D eigenvalue weighted by Crippen LogP contribution is 2.29. The second kappa shape index (κ2) is 5.19. The van der Waals surface area contributed by atoms with E-state index in [1.54, 1.807) is 0 Å². The van der Waals surface area contributed by atoms with Crippen molar-refractivity contribution in [2.45, 2.75) is 26.3 Å². The van der Waals surface area contributed by atoms with Crippen molar-refractivity contribution in [1.82, 2.24) is 9.97 Å². The summed E-state index contributed by atoms with van der Waals surface area (Å²) in [6.45, 7) is 5.66. The number of benzene rings is 1. The maximum atomic E-state index is 12.8. The number of rotatable bonds is 2. The molecule has 0 spiro atoms. The standard InChI is InChI=1S/C16H18FN3/c1-11-7-12(2)20(10-11)15-5-3-13(4-6-15)16-18-8-14(17)9-19-16/h3-6,8-9,11-12H,7,10H2,1-2H3/t11-,12+/m0/s1. The Hall–Kier alpha value is -1.97. The van der Waals surface area contributed by atoms with Crippen LogP contribution in [-0.4, -0.2) is 22.6 Å². The van der Waals surface area contributed by atoms with Gasteiger partial charge in [0.2, 0.25) is 0 Å². The molecule has 1 saturated heterocycles. The van der Waals surface area contributed by atoms with Crippen molar-refractivity contribution in [3.05, 3.63) is 42.5 Å². The van der Waals surface area contributed by atoms with E-state index >= 15 is 0 Å². The Morgan fingerprint density at radius 2 is 1.75 bits per heavy atom. The van der Waals surface area contributed by atoms with Gasteiger partial charge in [-0.3, -0.25) is 0 Å². The summed E-state index contributed by atoms with van der Waals surface area (Å²) in [6, 6.07) is 8.77. The van der Waals surface area contributed by atoms with Crippen molar-refractivity contribution >= 4 is 5.69 Å². The first-order valence-corrected chi connectivity index (χ1v) is 6.98. The Kier molecular flexibility index (Phi) is 3.38. The van der Waals surface area contributed by atoms with E-state index in [1.165, 1.54) is 24.5 Å². The van der Waals surface area contributed by atoms with Gasteiger partial charge in [0.05, 0.1) is 12.4 Å². The SMILES string of the molecule is C[C@H]1C[C@@H](C)N(c2ccc(-c3ncc(F)cn3)cc2)C1. The molecule has 1 aromatic carbocycles. The van der Waals surface area contributed by atoms with Crippen molar-refractivity contribution in [3.63, 3.8) is 0 Å². The fraction of sp³-hybridized carbons (Fsp3) is 0.375. The van der Waals surface area contributed by atoms with Crippen molar-refractivity contribution in [2.24, 2.45) is 5.92 Å². The first-order valence-electron chi connectivity index (χ1n) is 6.98. The molecule has 1 fully saturated rings. The fourth-order valence-corrected chi connectivity index (χ4v) is 2.92. The van der Waals surface area contributed by atoms with Gasteiger partial charge < -0.3 is 4.90 Å². The number of nitrogens with zero attached hydrogens (tertiary/aromatic N) is 3. The summed E-state index contributed by atoms with van der Waals surface area (Å²) in [5.74, 6) is 0.885. The topological polar surface area (TPSA) is 29.0 Å². The fourth-order valence-electron chi connectivity index (χ4n) is 2.92. The Morgan fingerprint density at radius 3 is 2.30 bits per heavy atom. The number of anilines is 1. The van der Waals surface area contributed by atoms with Gasteiger partial charge in [0.1, 0.15) is 0 Å². The molecule has 2 heterocycles. The largest absolute Gasteiger partial charge is 0.369 e. The normalized spacial score (nSPS) is 22.2. The Balaban J connectivity index is 1.83. The highest BCUT2D eigenvalue weighted by atomic mass is 19.1. The Labute approximate surface area is 118 Å². The molecule has 0 bridgehead atoms. The molecule has 4 heteroatoms. The summed E-state index contributed by atoms with van der Waals surface area (Å²) in [5.41, 5.74) is 2.14. The molecule has 3 nitrogen and oxygen atoms in total. The first kappa shape index (κ1) is 13.0. The number of halogens is 1. The number of hydrogen-bond donors (Lipinski definition) is 0. The van der Waals surface area contributed by atoms with Gasteiger partial charge in [-0.1, -0.05) is 6.92 Å². The van der Waals surface area contributed by atoms with Crippen molar-refractivity contribution in [1.29, 1.82) is 0 Å². The van der Waals surface area contributed by atoms with Crippen LogP contribution in [0.2, 0.25) is 0 Å². The van der Waals surface area contributed by atoms with E-state index in [1.807, 2.05) is 12.1 Å². The molecule has 0 unspecified atom stereocenters. The van der Waals surface area contributed by atoms with E-state index in [4.69, 9.17) is 0 Å². The van der Waals surface area contributed by atoms with Gasteiger partial charge in [-0.2, -0.15) is 0 Å². The lowest BCUT2D eigenvalue weighted by Gasteiger charge is -2.24. The van der Waals surface area contributed by atoms with Crippen LogP contribution in [0.15, 0.2) is 36.7 Å². The summed E-state index contributed by atoms with van der Waals surface area (Å²) in [5, 5.41) is 0. The van der Waals surface area contributed by atoms with Crippen LogP contribution >= 0.6 is 0 Å². The number of hydrogen-bond acceptors (Lipinski definition) is 3. The van der Waals surface area contributed by atoms with Crippen LogP contribution in [0.25, 0.3) is 11.4 Å². The van der Waals surface area contributed by atoms with Gasteiger partial charge in [-0.05, 0) is 43.5 Å². The van der Waals surface area contributed by atoms with Crippen molar-refractivity contribution < 1.29 is 4.39 Å². The second-order valence-electron chi connectivity index (χ2n) is 5.61. The van der Waals surface area contributed by atoms with Crippen LogP contribution < -0.4 is 4.90 Å². The predicted molar refractivity (Wildman–Crippen MR) is 78.0 cm³/mol. The van der Waals surface area contributed by atoms with Crippen LogP contribution in [0.5, 0.6) is 0 Å². The van der Waals surface area contributed by atoms with Gasteiger partial charge >= 0.3 is 0 Å². The summed E-state index contributed by atoms with van der Waals surface area (Å²) in [4.78, 5) is 10.4. The van der Waals surface area contributed by atoms with Crippen LogP contribution in [0.1, 0.15) is 20.3 Å². The van der Waals surface area contributed by atoms with Gasteiger partial charge in [-0.25, -0.2) is 14.4 Å². The molecule has 104 valence electrons. The van der Waals surface area contributed by atoms with Gasteiger partial charge in [0.15, 0.2) is 11.6 Å². The monoisotopic (exact) mass is 271 g/mol. The lowest BCUT2D eigenvalue weighted by molar-refractivity contribution is 0.614. The van der Waals surface area contributed by atoms with E-state index < -0.39 is 5.82 Å². The average molecular weight is 271 g/mol. The highest BCUT2D eigenvalue weighted by Gasteiger charge is 2.25. The first-order chi connectivity index (χ1) is 9.63. The molecule has 1 aliphatic heterocycles. The van der Waals surface area contributed by atoms with Crippen LogP contribution in [0.4, 0.5) is 10.1 Å². The quantitative estimate of drug-likeness (QED) is 0.837. The maximum absolute atomic E-state index is 12.8. The van der Waals surface area contributed by atoms with Crippen LogP contribution in [0, 0.1) is 11.7 Å². The molecule has 0 saturated carbocycles. The van der Waals surface area contributed by atoms with Crippen LogP contribution in [0.3, 0.4) is 0 Å². The Morgan fingerprint density at radius 1 is 1.10 bits per heavy atom. The van der Waals surface area contributed by atoms with E-state index in [0.717, 1.165) is 18.0 Å². The maximum Gasteiger partial charge on any atom is 0.159 e. The molecule has 0 amide bonds. The van der Waals surface area contributed by atoms with Crippen molar-refractivity contribution in [3.8, 4) is 11.4 Å². The molecule has 0 radical (unpaired) electrons. The average Bonchev–Trinajstić information content (AvgIpc) is 2.79. The zero-order valence-electron chi connectivity index (χ0n) is 11.8. The zero-order chi connectivity index (χ0) is 14.1. The van der Waals surface area contributed by atoms with Crippen molar-refractivity contribution in [2.75, 3.05) is 11.4 Å². The van der Waals surface area contributed by atoms with Gasteiger partial charge in [0.25, 0.3) is 0 Å². The number of aromatic nitrogens is 2. The third-order valence-corrected chi connectivity index (χ3v) is 3.86. The minimum atomic E-state index is -0.412. The minimum Gasteiger partial charge on any atom is -0.369 e. The summed E-state index contributed by atoms with van der Waals surface area (Å²) in [6.07, 6.45) is 3.63. The molecular formula is C16H18FN3. The molecule has 3 rings (SSSR count). The molecule has 20 heavy (non-hydrogen) atoms. The molecular weight excluding hydrogens is 253 g/mol. The zero-order valence-corrected chi connectivity index (χ0v) is 11.8. The van der Waals surface area contributed by atoms with E-state index in [-0.39, 0.29) is 0 Å². The van der Waals surface area contributed by atoms with Gasteiger partial charge in [0, 0.05) is 23.8 Å². The molecule has 2 atom stereocenters. The summed E-state index contributed by atoms with van der Waals surface area (Å²) >= 11 is 0. The lowest BCUT2D eigenvalue weighted by atomic mass is 10.1. The molecule has 0 N–H and O–H groups in total. The third kappa shape index (κ3) is 2.50. The molecule has 1 aromatic heterocycles. The van der Waals surface area contributed by atoms with Crippen LogP contribution in [-0.2, 0) is 0 Å². The summed E-state index contributed by atoms with van der Waals surface area (Å²) in [7, 11) is 0. The van der Waals surface area contributed by atoms with E-state index in [2.05, 4.69) is 40.8 Å². The molecule has 0 aliphatic carbocycles. The second-order valence-corrected chi connectivity index (χ2v) is 5.61. The van der Waals surface area contributed by atoms with E-state index in [0.29, 0.717) is 11.9 Å². The lowest BCUT2D eigenvalue weighted by Crippen LogP contribution is -2.26. The predicted octanol–water partition coefficient (Wildman–Crippen LogP) is 3.52.